The maximum atomic E-state index is 8.70. The minimum absolute atomic E-state index is 0.201. The van der Waals surface area contributed by atoms with E-state index >= 15 is 0 Å². The van der Waals surface area contributed by atoms with E-state index in [1.54, 1.807) is 0 Å². The van der Waals surface area contributed by atoms with Gasteiger partial charge in [-0.1, -0.05) is 0 Å². The monoisotopic (exact) mass is 250 g/mol. The minimum Gasteiger partial charge on any atom is -0.396 e. The first-order valence-electron chi connectivity index (χ1n) is 6.66. The first kappa shape index (κ1) is 13.2. The molecule has 1 aliphatic rings. The lowest BCUT2D eigenvalue weighted by Crippen LogP contribution is -2.31. The number of anilines is 1. The van der Waals surface area contributed by atoms with Crippen LogP contribution in [0.3, 0.4) is 0 Å². The summed E-state index contributed by atoms with van der Waals surface area (Å²) < 4.78 is 0. The topological polar surface area (TPSA) is 61.3 Å². The summed E-state index contributed by atoms with van der Waals surface area (Å²) in [6.07, 6.45) is 3.17. The smallest absolute Gasteiger partial charge is 0.148 e. The van der Waals surface area contributed by atoms with E-state index in [1.165, 1.54) is 19.4 Å². The van der Waals surface area contributed by atoms with Crippen LogP contribution in [0.25, 0.3) is 0 Å². The third-order valence-electron chi connectivity index (χ3n) is 3.37. The van der Waals surface area contributed by atoms with Crippen molar-refractivity contribution in [1.82, 2.24) is 15.1 Å². The Labute approximate surface area is 108 Å². The van der Waals surface area contributed by atoms with Crippen molar-refractivity contribution in [2.75, 3.05) is 38.6 Å². The molecule has 1 saturated heterocycles. The molecule has 2 heterocycles. The van der Waals surface area contributed by atoms with Crippen LogP contribution >= 0.6 is 0 Å². The third kappa shape index (κ3) is 3.65. The zero-order valence-electron chi connectivity index (χ0n) is 11.0. The predicted octanol–water partition coefficient (Wildman–Crippen LogP) is 1.08. The summed E-state index contributed by atoms with van der Waals surface area (Å²) in [6, 6.07) is 4.05. The van der Waals surface area contributed by atoms with Crippen LogP contribution in [0.15, 0.2) is 12.1 Å². The van der Waals surface area contributed by atoms with Crippen LogP contribution in [0, 0.1) is 0 Å². The van der Waals surface area contributed by atoms with Crippen LogP contribution in [0.1, 0.15) is 30.9 Å². The molecule has 2 N–H and O–H groups in total. The summed E-state index contributed by atoms with van der Waals surface area (Å²) in [5.41, 5.74) is 1.09. The maximum Gasteiger partial charge on any atom is 0.148 e. The number of aromatic nitrogens is 2. The minimum atomic E-state index is 0.201. The lowest BCUT2D eigenvalue weighted by atomic mass is 9.95. The van der Waals surface area contributed by atoms with Crippen molar-refractivity contribution in [3.8, 4) is 0 Å². The van der Waals surface area contributed by atoms with Gasteiger partial charge < -0.3 is 15.3 Å². The molecule has 0 bridgehead atoms. The number of aliphatic hydroxyl groups excluding tert-OH is 1. The van der Waals surface area contributed by atoms with Gasteiger partial charge >= 0.3 is 0 Å². The van der Waals surface area contributed by atoms with Crippen LogP contribution in [0.4, 0.5) is 5.82 Å². The second-order valence-electron chi connectivity index (χ2n) is 4.95. The van der Waals surface area contributed by atoms with Crippen molar-refractivity contribution < 1.29 is 5.11 Å². The number of likely N-dealkylation sites (N-methyl/N-ethyl adjacent to an activating group) is 1. The van der Waals surface area contributed by atoms with Gasteiger partial charge in [-0.3, -0.25) is 0 Å². The molecular formula is C13H22N4O. The van der Waals surface area contributed by atoms with Crippen molar-refractivity contribution in [3.05, 3.63) is 17.8 Å². The molecule has 0 saturated carbocycles. The molecule has 0 aliphatic carbocycles. The molecule has 5 nitrogen and oxygen atoms in total. The first-order valence-corrected chi connectivity index (χ1v) is 6.66. The summed E-state index contributed by atoms with van der Waals surface area (Å²) in [5.74, 6) is 1.30. The molecule has 2 rings (SSSR count). The number of nitrogens with one attached hydrogen (secondary N) is 1. The zero-order chi connectivity index (χ0) is 12.8. The van der Waals surface area contributed by atoms with Gasteiger partial charge in [-0.15, -0.1) is 5.10 Å². The fourth-order valence-electron chi connectivity index (χ4n) is 2.36. The van der Waals surface area contributed by atoms with E-state index < -0.39 is 0 Å². The van der Waals surface area contributed by atoms with Gasteiger partial charge in [0.05, 0.1) is 5.69 Å². The quantitative estimate of drug-likeness (QED) is 0.766. The van der Waals surface area contributed by atoms with Gasteiger partial charge in [-0.05, 0) is 45.0 Å². The van der Waals surface area contributed by atoms with Crippen LogP contribution in [0.5, 0.6) is 0 Å². The highest BCUT2D eigenvalue weighted by Gasteiger charge is 2.20. The molecule has 0 radical (unpaired) electrons. The van der Waals surface area contributed by atoms with Gasteiger partial charge in [0, 0.05) is 25.6 Å². The Morgan fingerprint density at radius 1 is 1.44 bits per heavy atom. The lowest BCUT2D eigenvalue weighted by Gasteiger charge is -2.28. The SMILES string of the molecule is CN1CCCC(c2ccc(NCCCO)nn2)C1. The average molecular weight is 250 g/mol. The van der Waals surface area contributed by atoms with E-state index in [-0.39, 0.29) is 6.61 Å². The van der Waals surface area contributed by atoms with Crippen LogP contribution in [-0.4, -0.2) is 53.5 Å². The number of likely N-dealkylation sites (tertiary alicyclic amines) is 1. The zero-order valence-corrected chi connectivity index (χ0v) is 11.0. The summed E-state index contributed by atoms with van der Waals surface area (Å²) in [5, 5.41) is 20.3. The van der Waals surface area contributed by atoms with Crippen molar-refractivity contribution in [1.29, 1.82) is 0 Å². The molecule has 18 heavy (non-hydrogen) atoms. The largest absolute Gasteiger partial charge is 0.396 e. The van der Waals surface area contributed by atoms with Gasteiger partial charge in [-0.25, -0.2) is 0 Å². The molecule has 0 amide bonds. The van der Waals surface area contributed by atoms with E-state index in [9.17, 15) is 0 Å². The van der Waals surface area contributed by atoms with Crippen molar-refractivity contribution in [2.45, 2.75) is 25.2 Å². The molecule has 1 fully saturated rings. The van der Waals surface area contributed by atoms with E-state index in [4.69, 9.17) is 5.11 Å². The number of hydrogen-bond acceptors (Lipinski definition) is 5. The molecule has 100 valence electrons. The number of aliphatic hydroxyl groups is 1. The Hall–Kier alpha value is -1.20. The summed E-state index contributed by atoms with van der Waals surface area (Å²) in [6.45, 7) is 3.19. The molecule has 1 aliphatic heterocycles. The van der Waals surface area contributed by atoms with Gasteiger partial charge in [0.25, 0.3) is 0 Å². The van der Waals surface area contributed by atoms with E-state index in [0.29, 0.717) is 5.92 Å². The second-order valence-corrected chi connectivity index (χ2v) is 4.95. The Kier molecular flexibility index (Phi) is 4.90. The molecule has 1 aromatic heterocycles. The van der Waals surface area contributed by atoms with Crippen LogP contribution in [-0.2, 0) is 0 Å². The average Bonchev–Trinajstić information content (AvgIpc) is 2.40. The second kappa shape index (κ2) is 6.66. The van der Waals surface area contributed by atoms with Gasteiger partial charge in [-0.2, -0.15) is 5.10 Å². The fourth-order valence-corrected chi connectivity index (χ4v) is 2.36. The van der Waals surface area contributed by atoms with Crippen molar-refractivity contribution >= 4 is 5.82 Å². The van der Waals surface area contributed by atoms with Crippen LogP contribution < -0.4 is 5.32 Å². The number of hydrogen-bond donors (Lipinski definition) is 2. The van der Waals surface area contributed by atoms with Crippen molar-refractivity contribution in [3.63, 3.8) is 0 Å². The maximum absolute atomic E-state index is 8.70. The van der Waals surface area contributed by atoms with E-state index in [2.05, 4.69) is 33.5 Å². The summed E-state index contributed by atoms with van der Waals surface area (Å²) >= 11 is 0. The Morgan fingerprint density at radius 2 is 2.33 bits per heavy atom. The van der Waals surface area contributed by atoms with Crippen LogP contribution in [0.2, 0.25) is 0 Å². The molecule has 1 aromatic rings. The predicted molar refractivity (Wildman–Crippen MR) is 71.7 cm³/mol. The normalized spacial score (nSPS) is 20.9. The Morgan fingerprint density at radius 3 is 3.00 bits per heavy atom. The first-order chi connectivity index (χ1) is 8.79. The number of rotatable bonds is 5. The molecule has 0 spiro atoms. The van der Waals surface area contributed by atoms with Gasteiger partial charge in [0.1, 0.15) is 5.82 Å². The molecule has 1 unspecified atom stereocenters. The highest BCUT2D eigenvalue weighted by atomic mass is 16.3. The number of nitrogens with zero attached hydrogens (tertiary/aromatic N) is 3. The summed E-state index contributed by atoms with van der Waals surface area (Å²) in [7, 11) is 2.16. The van der Waals surface area contributed by atoms with Gasteiger partial charge in [0.15, 0.2) is 0 Å². The summed E-state index contributed by atoms with van der Waals surface area (Å²) in [4.78, 5) is 2.35. The Bertz CT molecular complexity index is 355. The number of piperidine rings is 1. The van der Waals surface area contributed by atoms with E-state index in [0.717, 1.165) is 31.0 Å². The molecular weight excluding hydrogens is 228 g/mol. The molecule has 1 atom stereocenters. The fraction of sp³-hybridized carbons (Fsp3) is 0.692. The Balaban J connectivity index is 1.90. The third-order valence-corrected chi connectivity index (χ3v) is 3.37. The molecule has 0 aromatic carbocycles. The van der Waals surface area contributed by atoms with Gasteiger partial charge in [0.2, 0.25) is 0 Å². The highest BCUT2D eigenvalue weighted by molar-refractivity contribution is 5.33. The highest BCUT2D eigenvalue weighted by Crippen LogP contribution is 2.24. The lowest BCUT2D eigenvalue weighted by molar-refractivity contribution is 0.248. The van der Waals surface area contributed by atoms with Crippen molar-refractivity contribution in [2.24, 2.45) is 0 Å². The van der Waals surface area contributed by atoms with E-state index in [1.807, 2.05) is 6.07 Å². The standard InChI is InChI=1S/C13H22N4O/c1-17-8-2-4-11(10-17)12-5-6-13(16-15-12)14-7-3-9-18/h5-6,11,18H,2-4,7-10H2,1H3,(H,14,16). The molecule has 5 heteroatoms.